The molecule has 1 N–H and O–H groups in total. The molecule has 0 bridgehead atoms. The van der Waals surface area contributed by atoms with Crippen LogP contribution in [0.2, 0.25) is 5.02 Å². The van der Waals surface area contributed by atoms with Crippen LogP contribution in [0, 0.1) is 0 Å². The number of carbonyl (C=O) groups excluding carboxylic acids is 2. The quantitative estimate of drug-likeness (QED) is 0.450. The summed E-state index contributed by atoms with van der Waals surface area (Å²) in [5, 5.41) is 3.42. The van der Waals surface area contributed by atoms with E-state index in [4.69, 9.17) is 30.5 Å². The van der Waals surface area contributed by atoms with Crippen LogP contribution in [0.3, 0.4) is 0 Å². The summed E-state index contributed by atoms with van der Waals surface area (Å²) in [7, 11) is 3.04. The molecular formula is C22H21ClN2O6S. The Balaban J connectivity index is 1.78. The maximum absolute atomic E-state index is 12.4. The summed E-state index contributed by atoms with van der Waals surface area (Å²) in [6, 6.07) is 10.4. The molecule has 1 aliphatic heterocycles. The van der Waals surface area contributed by atoms with Crippen molar-refractivity contribution in [2.75, 3.05) is 27.4 Å². The third-order valence-corrected chi connectivity index (χ3v) is 5.33. The van der Waals surface area contributed by atoms with Crippen LogP contribution in [0.5, 0.6) is 17.2 Å². The maximum Gasteiger partial charge on any atom is 0.344 e. The van der Waals surface area contributed by atoms with E-state index in [1.807, 2.05) is 0 Å². The predicted octanol–water partition coefficient (Wildman–Crippen LogP) is 4.19. The first-order chi connectivity index (χ1) is 15.4. The fraction of sp³-hybridized carbons (Fsp3) is 0.227. The van der Waals surface area contributed by atoms with E-state index in [-0.39, 0.29) is 29.9 Å². The van der Waals surface area contributed by atoms with Gasteiger partial charge < -0.3 is 24.3 Å². The van der Waals surface area contributed by atoms with Gasteiger partial charge >= 0.3 is 5.97 Å². The molecule has 168 valence electrons. The molecule has 0 radical (unpaired) electrons. The van der Waals surface area contributed by atoms with Gasteiger partial charge in [-0.05, 0) is 66.7 Å². The highest BCUT2D eigenvalue weighted by Gasteiger charge is 2.24. The number of nitrogens with zero attached hydrogens (tertiary/aromatic N) is 1. The Labute approximate surface area is 194 Å². The van der Waals surface area contributed by atoms with Crippen LogP contribution in [-0.4, -0.2) is 44.5 Å². The van der Waals surface area contributed by atoms with Gasteiger partial charge in [-0.15, -0.1) is 0 Å². The first-order valence-electron chi connectivity index (χ1n) is 9.53. The third-order valence-electron chi connectivity index (χ3n) is 4.14. The molecule has 0 aliphatic carbocycles. The lowest BCUT2D eigenvalue weighted by molar-refractivity contribution is -0.145. The van der Waals surface area contributed by atoms with Crippen molar-refractivity contribution in [2.24, 2.45) is 4.99 Å². The number of methoxy groups -OCH3 is 2. The zero-order valence-electron chi connectivity index (χ0n) is 17.6. The van der Waals surface area contributed by atoms with Crippen molar-refractivity contribution in [3.05, 3.63) is 51.9 Å². The number of nitrogens with one attached hydrogen (secondary N) is 1. The molecule has 1 fully saturated rings. The highest BCUT2D eigenvalue weighted by molar-refractivity contribution is 8.18. The van der Waals surface area contributed by atoms with Crippen LogP contribution < -0.4 is 19.5 Å². The van der Waals surface area contributed by atoms with Crippen molar-refractivity contribution >= 4 is 52.2 Å². The van der Waals surface area contributed by atoms with Gasteiger partial charge in [0.2, 0.25) is 0 Å². The van der Waals surface area contributed by atoms with Gasteiger partial charge in [0.25, 0.3) is 5.91 Å². The topological polar surface area (TPSA) is 95.5 Å². The van der Waals surface area contributed by atoms with Crippen molar-refractivity contribution < 1.29 is 28.5 Å². The standard InChI is InChI=1S/C22H21ClN2O6S/c1-4-30-19(26)12-31-20-16(23)9-13(10-17(20)29-3)11-18-21(27)25-22(32-18)24-14-5-7-15(28-2)8-6-14/h5-11H,4,12H2,1-3H3,(H,24,25,27)/b18-11+. The van der Waals surface area contributed by atoms with Gasteiger partial charge in [-0.1, -0.05) is 11.6 Å². The summed E-state index contributed by atoms with van der Waals surface area (Å²) in [5.41, 5.74) is 1.31. The lowest BCUT2D eigenvalue weighted by Gasteiger charge is -2.13. The molecule has 0 atom stereocenters. The molecule has 3 rings (SSSR count). The molecule has 1 amide bonds. The molecule has 2 aromatic rings. The second-order valence-corrected chi connectivity index (χ2v) is 7.75. The van der Waals surface area contributed by atoms with E-state index in [1.54, 1.807) is 56.5 Å². The summed E-state index contributed by atoms with van der Waals surface area (Å²) >= 11 is 7.53. The van der Waals surface area contributed by atoms with E-state index in [0.717, 1.165) is 5.75 Å². The summed E-state index contributed by atoms with van der Waals surface area (Å²) in [4.78, 5) is 28.8. The molecule has 10 heteroatoms. The summed E-state index contributed by atoms with van der Waals surface area (Å²) in [6.07, 6.45) is 1.67. The minimum atomic E-state index is -0.514. The lowest BCUT2D eigenvalue weighted by atomic mass is 10.2. The zero-order chi connectivity index (χ0) is 23.1. The van der Waals surface area contributed by atoms with E-state index in [0.29, 0.717) is 27.1 Å². The number of esters is 1. The van der Waals surface area contributed by atoms with Crippen LogP contribution in [0.4, 0.5) is 5.69 Å². The molecule has 32 heavy (non-hydrogen) atoms. The van der Waals surface area contributed by atoms with Gasteiger partial charge in [0.05, 0.1) is 36.4 Å². The fourth-order valence-corrected chi connectivity index (χ4v) is 3.82. The highest BCUT2D eigenvalue weighted by Crippen LogP contribution is 2.38. The normalized spacial score (nSPS) is 15.6. The molecular weight excluding hydrogens is 456 g/mol. The summed E-state index contributed by atoms with van der Waals surface area (Å²) in [6.45, 7) is 1.66. The van der Waals surface area contributed by atoms with Crippen molar-refractivity contribution in [3.8, 4) is 17.2 Å². The lowest BCUT2D eigenvalue weighted by Crippen LogP contribution is -2.19. The van der Waals surface area contributed by atoms with Crippen LogP contribution in [0.1, 0.15) is 12.5 Å². The Bertz CT molecular complexity index is 1070. The highest BCUT2D eigenvalue weighted by atomic mass is 35.5. The molecule has 0 aromatic heterocycles. The summed E-state index contributed by atoms with van der Waals surface area (Å²) < 4.78 is 20.8. The second-order valence-electron chi connectivity index (χ2n) is 6.31. The van der Waals surface area contributed by atoms with Crippen LogP contribution in [0.15, 0.2) is 46.3 Å². The number of aliphatic imine (C=N–C) groups is 1. The summed E-state index contributed by atoms with van der Waals surface area (Å²) in [5.74, 6) is 0.469. The molecule has 0 spiro atoms. The third kappa shape index (κ3) is 5.95. The van der Waals surface area contributed by atoms with E-state index < -0.39 is 5.97 Å². The first-order valence-corrected chi connectivity index (χ1v) is 10.7. The smallest absolute Gasteiger partial charge is 0.344 e. The number of hydrogen-bond acceptors (Lipinski definition) is 8. The van der Waals surface area contributed by atoms with E-state index in [1.165, 1.54) is 18.9 Å². The van der Waals surface area contributed by atoms with Gasteiger partial charge in [0, 0.05) is 0 Å². The van der Waals surface area contributed by atoms with Crippen molar-refractivity contribution in [2.45, 2.75) is 6.92 Å². The second kappa shape index (κ2) is 10.9. The van der Waals surface area contributed by atoms with Crippen LogP contribution >= 0.6 is 23.4 Å². The number of carbonyl (C=O) groups is 2. The van der Waals surface area contributed by atoms with Crippen molar-refractivity contribution in [3.63, 3.8) is 0 Å². The monoisotopic (exact) mass is 476 g/mol. The van der Waals surface area contributed by atoms with Gasteiger partial charge in [-0.25, -0.2) is 9.79 Å². The minimum absolute atomic E-state index is 0.217. The van der Waals surface area contributed by atoms with E-state index >= 15 is 0 Å². The minimum Gasteiger partial charge on any atom is -0.497 e. The number of amidine groups is 1. The maximum atomic E-state index is 12.4. The Kier molecular flexibility index (Phi) is 8.02. The molecule has 0 saturated carbocycles. The van der Waals surface area contributed by atoms with Gasteiger partial charge in [0.1, 0.15) is 5.75 Å². The van der Waals surface area contributed by atoms with Gasteiger partial charge in [0.15, 0.2) is 23.3 Å². The zero-order valence-corrected chi connectivity index (χ0v) is 19.2. The van der Waals surface area contributed by atoms with Crippen LogP contribution in [0.25, 0.3) is 6.08 Å². The van der Waals surface area contributed by atoms with E-state index in [2.05, 4.69) is 10.3 Å². The number of benzene rings is 2. The fourth-order valence-electron chi connectivity index (χ4n) is 2.70. The molecule has 1 heterocycles. The number of thioether (sulfide) groups is 1. The predicted molar refractivity (Wildman–Crippen MR) is 124 cm³/mol. The van der Waals surface area contributed by atoms with Gasteiger partial charge in [-0.3, -0.25) is 4.79 Å². The van der Waals surface area contributed by atoms with Crippen molar-refractivity contribution in [1.82, 2.24) is 5.32 Å². The Hall–Kier alpha value is -3.17. The Morgan fingerprint density at radius 2 is 1.94 bits per heavy atom. The average molecular weight is 477 g/mol. The number of amides is 1. The number of ether oxygens (including phenoxy) is 4. The number of halogens is 1. The van der Waals surface area contributed by atoms with Crippen LogP contribution in [-0.2, 0) is 14.3 Å². The number of hydrogen-bond donors (Lipinski definition) is 1. The molecule has 2 aromatic carbocycles. The Morgan fingerprint density at radius 3 is 2.59 bits per heavy atom. The van der Waals surface area contributed by atoms with E-state index in [9.17, 15) is 9.59 Å². The molecule has 8 nitrogen and oxygen atoms in total. The first kappa shape index (κ1) is 23.5. The largest absolute Gasteiger partial charge is 0.497 e. The van der Waals surface area contributed by atoms with Gasteiger partial charge in [-0.2, -0.15) is 0 Å². The molecule has 1 aliphatic rings. The number of rotatable bonds is 8. The molecule has 0 unspecified atom stereocenters. The SMILES string of the molecule is CCOC(=O)COc1c(Cl)cc(/C=C2/SC(=Nc3ccc(OC)cc3)NC2=O)cc1OC. The van der Waals surface area contributed by atoms with Crippen molar-refractivity contribution in [1.29, 1.82) is 0 Å². The average Bonchev–Trinajstić information content (AvgIpc) is 3.11. The Morgan fingerprint density at radius 1 is 1.19 bits per heavy atom. The molecule has 1 saturated heterocycles.